The van der Waals surface area contributed by atoms with E-state index in [0.717, 1.165) is 110 Å². The number of nitrogens with zero attached hydrogens (tertiary/aromatic N) is 9. The number of carbonyl (C=O) groups excluding carboxylic acids is 4. The number of hydrogen-bond acceptors (Lipinski definition) is 8. The van der Waals surface area contributed by atoms with Crippen LogP contribution >= 0.6 is 0 Å². The van der Waals surface area contributed by atoms with Crippen LogP contribution in [0.25, 0.3) is 0 Å². The second-order valence-corrected chi connectivity index (χ2v) is 36.4. The second-order valence-electron chi connectivity index (χ2n) is 36.4. The van der Waals surface area contributed by atoms with Crippen molar-refractivity contribution in [2.45, 2.75) is 249 Å². The van der Waals surface area contributed by atoms with E-state index in [-0.39, 0.29) is 45.4 Å². The predicted octanol–water partition coefficient (Wildman–Crippen LogP) is 17.3. The van der Waals surface area contributed by atoms with Gasteiger partial charge in [-0.2, -0.15) is 0 Å². The van der Waals surface area contributed by atoms with Crippen LogP contribution in [0.1, 0.15) is 238 Å². The lowest BCUT2D eigenvalue weighted by Crippen LogP contribution is -2.48. The summed E-state index contributed by atoms with van der Waals surface area (Å²) in [6.45, 7) is 29.7. The number of amides is 5. The Hall–Kier alpha value is -5.60. The van der Waals surface area contributed by atoms with Gasteiger partial charge in [-0.3, -0.25) is 19.3 Å². The smallest absolute Gasteiger partial charge is 0.323 e. The molecule has 4 aromatic carbocycles. The highest BCUT2D eigenvalue weighted by Gasteiger charge is 2.50. The first-order valence-electron chi connectivity index (χ1n) is 41.2. The molecule has 4 aromatic rings. The molecule has 6 atom stereocenters. The summed E-state index contributed by atoms with van der Waals surface area (Å²) >= 11 is 0. The van der Waals surface area contributed by atoms with Crippen molar-refractivity contribution >= 4 is 46.5 Å². The number of benzene rings is 4. The zero-order valence-electron chi connectivity index (χ0n) is 65.0. The highest BCUT2D eigenvalue weighted by atomic mass is 16.2. The van der Waals surface area contributed by atoms with Crippen LogP contribution in [0.4, 0.5) is 27.5 Å². The third-order valence-electron chi connectivity index (χ3n) is 28.5. The summed E-state index contributed by atoms with van der Waals surface area (Å²) in [6.07, 6.45) is 32.9. The molecule has 8 aliphatic heterocycles. The summed E-state index contributed by atoms with van der Waals surface area (Å²) in [4.78, 5) is 70.1. The van der Waals surface area contributed by atoms with Crippen molar-refractivity contribution in [1.82, 2.24) is 24.5 Å². The highest BCUT2D eigenvalue weighted by Crippen LogP contribution is 2.54. The molecule has 8 heterocycles. The van der Waals surface area contributed by atoms with Crippen molar-refractivity contribution in [3.8, 4) is 0 Å². The topological polar surface area (TPSA) is 97.4 Å². The van der Waals surface area contributed by atoms with Crippen LogP contribution in [0.15, 0.2) is 97.1 Å². The molecular formula is C89H131N9O4. The van der Waals surface area contributed by atoms with Crippen molar-refractivity contribution in [3.63, 3.8) is 0 Å². The second kappa shape index (κ2) is 31.8. The molecule has 0 N–H and O–H groups in total. The lowest BCUT2D eigenvalue weighted by atomic mass is 9.69. The molecular weight excluding hydrogens is 1260 g/mol. The van der Waals surface area contributed by atoms with Gasteiger partial charge in [0, 0.05) is 101 Å². The van der Waals surface area contributed by atoms with Gasteiger partial charge in [0.15, 0.2) is 0 Å². The van der Waals surface area contributed by atoms with Gasteiger partial charge in [-0.15, -0.1) is 0 Å². The van der Waals surface area contributed by atoms with Crippen LogP contribution < -0.4 is 19.6 Å². The van der Waals surface area contributed by atoms with Gasteiger partial charge in [0.25, 0.3) is 0 Å². The normalized spacial score (nSPS) is 27.2. The maximum Gasteiger partial charge on any atom is 0.323 e. The Morgan fingerprint density at radius 3 is 1.20 bits per heavy atom. The van der Waals surface area contributed by atoms with Gasteiger partial charge in [0.2, 0.25) is 17.7 Å². The van der Waals surface area contributed by atoms with Crippen molar-refractivity contribution in [3.05, 3.63) is 119 Å². The fourth-order valence-corrected chi connectivity index (χ4v) is 22.4. The first kappa shape index (κ1) is 74.7. The summed E-state index contributed by atoms with van der Waals surface area (Å²) < 4.78 is 0. The van der Waals surface area contributed by atoms with Crippen LogP contribution in [0.5, 0.6) is 0 Å². The van der Waals surface area contributed by atoms with Crippen LogP contribution in [-0.2, 0) is 36.0 Å². The van der Waals surface area contributed by atoms with Gasteiger partial charge in [0.05, 0.1) is 0 Å². The third-order valence-corrected chi connectivity index (χ3v) is 28.5. The van der Waals surface area contributed by atoms with Gasteiger partial charge in [-0.05, 0) is 311 Å². The van der Waals surface area contributed by atoms with Crippen molar-refractivity contribution in [2.75, 3.05) is 126 Å². The van der Waals surface area contributed by atoms with Crippen LogP contribution in [0, 0.1) is 35.0 Å². The maximum absolute atomic E-state index is 12.8. The van der Waals surface area contributed by atoms with Crippen molar-refractivity contribution in [2.24, 2.45) is 35.0 Å². The Bertz CT molecular complexity index is 3510. The van der Waals surface area contributed by atoms with Crippen LogP contribution in [0.3, 0.4) is 0 Å². The van der Waals surface area contributed by atoms with Crippen LogP contribution in [-0.4, -0.2) is 167 Å². The van der Waals surface area contributed by atoms with E-state index in [2.05, 4.69) is 151 Å². The van der Waals surface area contributed by atoms with Crippen molar-refractivity contribution in [1.29, 1.82) is 0 Å². The molecule has 13 nitrogen and oxygen atoms in total. The third kappa shape index (κ3) is 16.1. The molecule has 4 spiro atoms. The first-order chi connectivity index (χ1) is 49.1. The van der Waals surface area contributed by atoms with E-state index in [1.165, 1.54) is 223 Å². The summed E-state index contributed by atoms with van der Waals surface area (Å²) in [7, 11) is 5.67. The molecule has 12 aliphatic rings. The summed E-state index contributed by atoms with van der Waals surface area (Å²) in [5.74, 6) is 5.41. The lowest BCUT2D eigenvalue weighted by molar-refractivity contribution is -0.119. The Morgan fingerprint density at radius 1 is 0.461 bits per heavy atom. The quantitative estimate of drug-likeness (QED) is 0.181. The maximum atomic E-state index is 12.8. The molecule has 16 rings (SSSR count). The highest BCUT2D eigenvalue weighted by molar-refractivity contribution is 5.96. The van der Waals surface area contributed by atoms with Gasteiger partial charge >= 0.3 is 6.03 Å². The zero-order chi connectivity index (χ0) is 71.6. The SMILES string of the molecule is CC(=O)N1CCCC2(CCN(CCC(C)(C)C)CC2)c2ccccc21.CC(=O)N1CCCC2(CCN(CCC(C)C)CC2)c2ccccc21.CN(C)C(=O)N1CCCC2(CCN(C3C[C@@H]4CC[C@@H]3C4)CC2)c2ccccc21.CN1C(=O)CCC2(CCN(C3C[C@@H]4CC[C@@H]3C4)CC2)c2ccccc21. The standard InChI is InChI=1S/C24H35N3O.C22H30N2O.C22H34N2O.C21H32N2O/c1-25(2)23(28)27-13-5-10-24(20-6-3-4-7-21(20)27)11-14-26(15-12-24)22-17-18-8-9-19(22)16-18;1-23-19-5-3-2-4-18(19)22(9-8-21(23)25)10-12-24(13-11-22)20-15-16-6-7-17(20)14-16;1-18(25)24-14-7-10-22(19-8-5-6-9-20(19)24)12-16-23(17-13-22)15-11-21(2,3)4;1-17(2)9-14-22-15-11-21(12-16-22)10-6-13-23(18(3)24)20-8-5-4-7-19(20)21/h3-4,6-7,18-19,22H,5,8-17H2,1-2H3;2-5,16-17,20H,6-15H2,1H3;5-6,8-9H,7,10-17H2,1-4H3;4-5,7-8,17H,6,9-16H2,1-3H3/t18-,19-,22?;16-,17-,20?;;/m11../s1. The number of carbonyl (C=O) groups is 4. The minimum atomic E-state index is 0.115. The van der Waals surface area contributed by atoms with E-state index in [1.807, 2.05) is 40.7 Å². The lowest BCUT2D eigenvalue weighted by Gasteiger charge is -2.46. The molecule has 4 aliphatic carbocycles. The molecule has 13 heteroatoms. The molecule has 2 unspecified atom stereocenters. The molecule has 0 aromatic heterocycles. The fraction of sp³-hybridized carbons (Fsp3) is 0.685. The molecule has 4 bridgehead atoms. The van der Waals surface area contributed by atoms with E-state index >= 15 is 0 Å². The molecule has 5 amide bonds. The number of rotatable bonds is 7. The number of piperidine rings is 4. The summed E-state index contributed by atoms with van der Waals surface area (Å²) in [5.41, 5.74) is 11.7. The monoisotopic (exact) mass is 1390 g/mol. The summed E-state index contributed by atoms with van der Waals surface area (Å²) in [6, 6.07) is 36.6. The Balaban J connectivity index is 0.000000122. The Morgan fingerprint density at radius 2 is 0.824 bits per heavy atom. The minimum absolute atomic E-state index is 0.115. The van der Waals surface area contributed by atoms with Crippen LogP contribution in [0.2, 0.25) is 0 Å². The minimum Gasteiger partial charge on any atom is -0.330 e. The van der Waals surface area contributed by atoms with Gasteiger partial charge in [-0.1, -0.05) is 120 Å². The van der Waals surface area contributed by atoms with E-state index in [9.17, 15) is 19.2 Å². The fourth-order valence-electron chi connectivity index (χ4n) is 22.4. The average Bonchev–Trinajstić information content (AvgIpc) is 1.50. The van der Waals surface area contributed by atoms with Gasteiger partial charge < -0.3 is 39.2 Å². The molecule has 0 radical (unpaired) electrons. The van der Waals surface area contributed by atoms with Crippen molar-refractivity contribution < 1.29 is 19.2 Å². The average molecular weight is 1390 g/mol. The predicted molar refractivity (Wildman–Crippen MR) is 420 cm³/mol. The van der Waals surface area contributed by atoms with E-state index in [0.29, 0.717) is 11.8 Å². The Labute approximate surface area is 616 Å². The molecule has 4 saturated heterocycles. The number of para-hydroxylation sites is 4. The number of likely N-dealkylation sites (tertiary alicyclic amines) is 4. The molecule has 4 saturated carbocycles. The van der Waals surface area contributed by atoms with E-state index < -0.39 is 0 Å². The van der Waals surface area contributed by atoms with Gasteiger partial charge in [0.1, 0.15) is 0 Å². The number of anilines is 4. The molecule has 556 valence electrons. The van der Waals surface area contributed by atoms with Gasteiger partial charge in [-0.25, -0.2) is 4.79 Å². The molecule has 102 heavy (non-hydrogen) atoms. The van der Waals surface area contributed by atoms with E-state index in [1.54, 1.807) is 18.7 Å². The number of fused-ring (bicyclic) bond motifs is 12. The number of urea groups is 1. The number of hydrogen-bond donors (Lipinski definition) is 0. The largest absolute Gasteiger partial charge is 0.330 e. The first-order valence-corrected chi connectivity index (χ1v) is 41.2. The Kier molecular flexibility index (Phi) is 23.3. The summed E-state index contributed by atoms with van der Waals surface area (Å²) in [5, 5.41) is 0. The zero-order valence-corrected chi connectivity index (χ0v) is 65.0. The van der Waals surface area contributed by atoms with E-state index in [4.69, 9.17) is 0 Å². The molecule has 8 fully saturated rings.